The summed E-state index contributed by atoms with van der Waals surface area (Å²) in [5, 5.41) is 3.47. The fourth-order valence-electron chi connectivity index (χ4n) is 2.54. The van der Waals surface area contributed by atoms with E-state index < -0.39 is 0 Å². The third-order valence-corrected chi connectivity index (χ3v) is 4.47. The number of anilines is 1. The van der Waals surface area contributed by atoms with E-state index in [0.29, 0.717) is 17.3 Å². The summed E-state index contributed by atoms with van der Waals surface area (Å²) >= 11 is 6.08. The maximum absolute atomic E-state index is 12.2. The Hall–Kier alpha value is -3.04. The minimum atomic E-state index is -0.212. The Balaban J connectivity index is 1.61. The van der Waals surface area contributed by atoms with Gasteiger partial charge in [-0.25, -0.2) is 0 Å². The van der Waals surface area contributed by atoms with Gasteiger partial charge in [0.2, 0.25) is 5.91 Å². The van der Waals surface area contributed by atoms with Crippen molar-refractivity contribution < 1.29 is 9.53 Å². The Morgan fingerprint density at radius 1 is 1.04 bits per heavy atom. The largest absolute Gasteiger partial charge is 0.489 e. The lowest BCUT2D eigenvalue weighted by molar-refractivity contribution is -0.111. The molecule has 0 aliphatic rings. The first-order valence-corrected chi connectivity index (χ1v) is 9.00. The van der Waals surface area contributed by atoms with Crippen LogP contribution in [0, 0.1) is 6.92 Å². The second-order valence-corrected chi connectivity index (χ2v) is 6.49. The number of rotatable bonds is 6. The minimum Gasteiger partial charge on any atom is -0.489 e. The topological polar surface area (TPSA) is 38.3 Å². The van der Waals surface area contributed by atoms with Crippen LogP contribution in [0.15, 0.2) is 78.9 Å². The Morgan fingerprint density at radius 3 is 2.63 bits per heavy atom. The molecule has 3 aromatic rings. The summed E-state index contributed by atoms with van der Waals surface area (Å²) < 4.78 is 5.81. The first kappa shape index (κ1) is 18.7. The molecule has 0 saturated carbocycles. The number of hydrogen-bond donors (Lipinski definition) is 1. The van der Waals surface area contributed by atoms with Crippen LogP contribution < -0.4 is 10.1 Å². The zero-order chi connectivity index (χ0) is 19.1. The van der Waals surface area contributed by atoms with Gasteiger partial charge in [-0.1, -0.05) is 60.1 Å². The van der Waals surface area contributed by atoms with Crippen LogP contribution in [0.4, 0.5) is 5.69 Å². The molecule has 4 heteroatoms. The normalized spacial score (nSPS) is 10.7. The van der Waals surface area contributed by atoms with Gasteiger partial charge >= 0.3 is 0 Å². The van der Waals surface area contributed by atoms with E-state index in [4.69, 9.17) is 16.3 Å². The first-order chi connectivity index (χ1) is 13.1. The van der Waals surface area contributed by atoms with Gasteiger partial charge in [0.25, 0.3) is 0 Å². The lowest BCUT2D eigenvalue weighted by Gasteiger charge is -2.08. The third-order valence-electron chi connectivity index (χ3n) is 4.06. The number of ether oxygens (including phenoxy) is 1. The van der Waals surface area contributed by atoms with Crippen molar-refractivity contribution in [3.8, 4) is 5.75 Å². The number of amides is 1. The van der Waals surface area contributed by atoms with Gasteiger partial charge < -0.3 is 10.1 Å². The lowest BCUT2D eigenvalue weighted by Crippen LogP contribution is -2.08. The van der Waals surface area contributed by atoms with E-state index in [9.17, 15) is 4.79 Å². The van der Waals surface area contributed by atoms with E-state index >= 15 is 0 Å². The van der Waals surface area contributed by atoms with E-state index in [-0.39, 0.29) is 5.91 Å². The molecule has 0 fully saturated rings. The van der Waals surface area contributed by atoms with Crippen LogP contribution in [0.3, 0.4) is 0 Å². The lowest BCUT2D eigenvalue weighted by atomic mass is 10.2. The molecule has 0 aliphatic heterocycles. The Bertz CT molecular complexity index is 952. The van der Waals surface area contributed by atoms with Crippen molar-refractivity contribution in [3.63, 3.8) is 0 Å². The number of carbonyl (C=O) groups excluding carboxylic acids is 1. The molecule has 0 aliphatic carbocycles. The van der Waals surface area contributed by atoms with Crippen LogP contribution in [-0.4, -0.2) is 5.91 Å². The van der Waals surface area contributed by atoms with Gasteiger partial charge in [-0.2, -0.15) is 0 Å². The van der Waals surface area contributed by atoms with Crippen LogP contribution in [0.25, 0.3) is 6.08 Å². The number of hydrogen-bond acceptors (Lipinski definition) is 2. The molecular formula is C23H20ClNO2. The highest BCUT2D eigenvalue weighted by Crippen LogP contribution is 2.23. The zero-order valence-electron chi connectivity index (χ0n) is 15.0. The molecule has 0 radical (unpaired) electrons. The van der Waals surface area contributed by atoms with E-state index in [2.05, 4.69) is 5.32 Å². The summed E-state index contributed by atoms with van der Waals surface area (Å²) in [6.07, 6.45) is 3.25. The average molecular weight is 378 g/mol. The molecule has 0 heterocycles. The second kappa shape index (κ2) is 9.06. The monoisotopic (exact) mass is 377 g/mol. The van der Waals surface area contributed by atoms with Crippen molar-refractivity contribution in [2.24, 2.45) is 0 Å². The fraction of sp³-hybridized carbons (Fsp3) is 0.0870. The summed E-state index contributed by atoms with van der Waals surface area (Å²) in [5.74, 6) is 0.545. The molecule has 0 atom stereocenters. The van der Waals surface area contributed by atoms with Crippen LogP contribution in [0.1, 0.15) is 16.7 Å². The molecule has 1 N–H and O–H groups in total. The summed E-state index contributed by atoms with van der Waals surface area (Å²) in [6.45, 7) is 2.37. The van der Waals surface area contributed by atoms with Crippen molar-refractivity contribution in [1.82, 2.24) is 0 Å². The summed E-state index contributed by atoms with van der Waals surface area (Å²) in [4.78, 5) is 12.2. The predicted octanol–water partition coefficient (Wildman–Crippen LogP) is 5.88. The minimum absolute atomic E-state index is 0.212. The van der Waals surface area contributed by atoms with E-state index in [1.54, 1.807) is 12.1 Å². The van der Waals surface area contributed by atoms with Crippen LogP contribution in [-0.2, 0) is 11.4 Å². The number of carbonyl (C=O) groups is 1. The molecule has 3 rings (SSSR count). The third kappa shape index (κ3) is 5.47. The zero-order valence-corrected chi connectivity index (χ0v) is 15.7. The van der Waals surface area contributed by atoms with Crippen LogP contribution in [0.2, 0.25) is 5.02 Å². The molecule has 3 nitrogen and oxygen atoms in total. The fourth-order valence-corrected chi connectivity index (χ4v) is 2.71. The summed E-state index contributed by atoms with van der Waals surface area (Å²) in [7, 11) is 0. The van der Waals surface area contributed by atoms with E-state index in [1.165, 1.54) is 6.08 Å². The van der Waals surface area contributed by atoms with Gasteiger partial charge in [-0.3, -0.25) is 4.79 Å². The summed E-state index contributed by atoms with van der Waals surface area (Å²) in [6, 6.07) is 23.0. The molecule has 1 amide bonds. The van der Waals surface area contributed by atoms with Crippen molar-refractivity contribution >= 4 is 29.3 Å². The van der Waals surface area contributed by atoms with Gasteiger partial charge in [-0.05, 0) is 54.0 Å². The van der Waals surface area contributed by atoms with Crippen molar-refractivity contribution in [1.29, 1.82) is 0 Å². The van der Waals surface area contributed by atoms with Crippen LogP contribution >= 0.6 is 11.6 Å². The van der Waals surface area contributed by atoms with Gasteiger partial charge in [0, 0.05) is 16.8 Å². The maximum Gasteiger partial charge on any atom is 0.248 e. The number of halogens is 1. The smallest absolute Gasteiger partial charge is 0.248 e. The molecule has 0 saturated heterocycles. The van der Waals surface area contributed by atoms with Crippen molar-refractivity contribution in [2.45, 2.75) is 13.5 Å². The number of nitrogens with one attached hydrogen (secondary N) is 1. The second-order valence-electron chi connectivity index (χ2n) is 6.08. The Morgan fingerprint density at radius 2 is 1.81 bits per heavy atom. The molecule has 136 valence electrons. The summed E-state index contributed by atoms with van der Waals surface area (Å²) in [5.41, 5.74) is 3.54. The Kier molecular flexibility index (Phi) is 6.29. The maximum atomic E-state index is 12.2. The standard InChI is InChI=1S/C23H20ClNO2/c1-17-21(24)11-6-12-22(17)25-23(26)14-13-18-9-5-10-20(15-18)27-16-19-7-3-2-4-8-19/h2-15H,16H2,1H3,(H,25,26)/b14-13+. The van der Waals surface area contributed by atoms with Gasteiger partial charge in [0.15, 0.2) is 0 Å². The molecule has 3 aromatic carbocycles. The van der Waals surface area contributed by atoms with Gasteiger partial charge in [0.05, 0.1) is 0 Å². The molecule has 0 aromatic heterocycles. The van der Waals surface area contributed by atoms with Crippen molar-refractivity contribution in [2.75, 3.05) is 5.32 Å². The molecule has 27 heavy (non-hydrogen) atoms. The number of benzene rings is 3. The Labute approximate surface area is 164 Å². The van der Waals surface area contributed by atoms with E-state index in [1.807, 2.05) is 73.7 Å². The quantitative estimate of drug-likeness (QED) is 0.545. The highest BCUT2D eigenvalue weighted by atomic mass is 35.5. The highest BCUT2D eigenvalue weighted by molar-refractivity contribution is 6.31. The average Bonchev–Trinajstić information content (AvgIpc) is 2.69. The SMILES string of the molecule is Cc1c(Cl)cccc1NC(=O)/C=C/c1cccc(OCc2ccccc2)c1. The van der Waals surface area contributed by atoms with Crippen LogP contribution in [0.5, 0.6) is 5.75 Å². The molecule has 0 unspecified atom stereocenters. The highest BCUT2D eigenvalue weighted by Gasteiger charge is 2.04. The van der Waals surface area contributed by atoms with Crippen molar-refractivity contribution in [3.05, 3.63) is 101 Å². The molecule has 0 bridgehead atoms. The molecule has 0 spiro atoms. The van der Waals surface area contributed by atoms with E-state index in [0.717, 1.165) is 22.4 Å². The molecular weight excluding hydrogens is 358 g/mol. The predicted molar refractivity (Wildman–Crippen MR) is 111 cm³/mol. The first-order valence-electron chi connectivity index (χ1n) is 8.63. The van der Waals surface area contributed by atoms with Gasteiger partial charge in [0.1, 0.15) is 12.4 Å². The van der Waals surface area contributed by atoms with Gasteiger partial charge in [-0.15, -0.1) is 0 Å².